The summed E-state index contributed by atoms with van der Waals surface area (Å²) in [5.41, 5.74) is 10.5. The number of rotatable bonds is 2. The summed E-state index contributed by atoms with van der Waals surface area (Å²) in [6.45, 7) is 0. The molecular formula is C17H14N2O. The molecule has 2 aromatic rings. The lowest BCUT2D eigenvalue weighted by Crippen LogP contribution is -2.35. The van der Waals surface area contributed by atoms with Crippen LogP contribution < -0.4 is 0 Å². The number of nitrogens with zero attached hydrogens (tertiary/aromatic N) is 2. The van der Waals surface area contributed by atoms with Crippen LogP contribution in [0.25, 0.3) is 5.53 Å². The number of hydrogen-bond acceptors (Lipinski definition) is 1. The molecular weight excluding hydrogens is 248 g/mol. The largest absolute Gasteiger partial charge is 0.361 e. The van der Waals surface area contributed by atoms with E-state index in [9.17, 15) is 4.79 Å². The maximum absolute atomic E-state index is 12.8. The van der Waals surface area contributed by atoms with Crippen molar-refractivity contribution in [2.24, 2.45) is 0 Å². The predicted molar refractivity (Wildman–Crippen MR) is 76.5 cm³/mol. The highest BCUT2D eigenvalue weighted by molar-refractivity contribution is 6.43. The number of benzene rings is 2. The Kier molecular flexibility index (Phi) is 3.05. The normalized spacial score (nSPS) is 17.0. The van der Waals surface area contributed by atoms with E-state index in [1.807, 2.05) is 60.7 Å². The molecule has 0 spiro atoms. The molecule has 0 N–H and O–H groups in total. The second-order valence-electron chi connectivity index (χ2n) is 5.01. The third kappa shape index (κ3) is 1.72. The molecule has 98 valence electrons. The van der Waals surface area contributed by atoms with Gasteiger partial charge in [-0.2, -0.15) is 4.79 Å². The van der Waals surface area contributed by atoms with E-state index in [2.05, 4.69) is 4.79 Å². The van der Waals surface area contributed by atoms with Gasteiger partial charge in [0.25, 0.3) is 5.78 Å². The zero-order valence-corrected chi connectivity index (χ0v) is 11.0. The molecule has 1 aliphatic carbocycles. The summed E-state index contributed by atoms with van der Waals surface area (Å²) in [6.07, 6.45) is 1.14. The third-order valence-electron chi connectivity index (χ3n) is 4.04. The van der Waals surface area contributed by atoms with Gasteiger partial charge in [0.05, 0.1) is 11.8 Å². The Morgan fingerprint density at radius 1 is 0.900 bits per heavy atom. The maximum Gasteiger partial charge on any atom is 0.335 e. The molecule has 1 saturated carbocycles. The molecule has 1 fully saturated rings. The van der Waals surface area contributed by atoms with Gasteiger partial charge < -0.3 is 5.53 Å². The van der Waals surface area contributed by atoms with Gasteiger partial charge >= 0.3 is 5.71 Å². The number of ketones is 1. The van der Waals surface area contributed by atoms with Gasteiger partial charge in [-0.3, -0.25) is 4.79 Å². The van der Waals surface area contributed by atoms with E-state index in [1.54, 1.807) is 0 Å². The molecule has 0 atom stereocenters. The lowest BCUT2D eigenvalue weighted by molar-refractivity contribution is -0.119. The average molecular weight is 262 g/mol. The summed E-state index contributed by atoms with van der Waals surface area (Å²) in [5.74, 6) is -0.0996. The van der Waals surface area contributed by atoms with E-state index < -0.39 is 5.41 Å². The molecule has 0 aliphatic heterocycles. The van der Waals surface area contributed by atoms with Gasteiger partial charge in [-0.15, -0.1) is 0 Å². The van der Waals surface area contributed by atoms with Crippen molar-refractivity contribution in [3.63, 3.8) is 0 Å². The maximum atomic E-state index is 12.8. The Bertz CT molecular complexity index is 646. The topological polar surface area (TPSA) is 53.5 Å². The number of Topliss-reactive ketones (excluding diaryl/α,β-unsaturated/α-hetero) is 1. The minimum absolute atomic E-state index is 0.0996. The fraction of sp³-hybridized carbons (Fsp3) is 0.176. The van der Waals surface area contributed by atoms with E-state index >= 15 is 0 Å². The van der Waals surface area contributed by atoms with Crippen LogP contribution in [-0.4, -0.2) is 16.3 Å². The average Bonchev–Trinajstić information content (AvgIpc) is 2.87. The monoisotopic (exact) mass is 262 g/mol. The molecule has 0 amide bonds. The van der Waals surface area contributed by atoms with Crippen LogP contribution in [0.3, 0.4) is 0 Å². The summed E-state index contributed by atoms with van der Waals surface area (Å²) in [4.78, 5) is 16.0. The second-order valence-corrected chi connectivity index (χ2v) is 5.01. The van der Waals surface area contributed by atoms with E-state index in [0.717, 1.165) is 11.1 Å². The number of hydrogen-bond donors (Lipinski definition) is 0. The Hall–Kier alpha value is -2.51. The van der Waals surface area contributed by atoms with Crippen LogP contribution in [0.1, 0.15) is 24.0 Å². The van der Waals surface area contributed by atoms with E-state index in [0.29, 0.717) is 12.8 Å². The van der Waals surface area contributed by atoms with Crippen molar-refractivity contribution >= 4 is 11.5 Å². The molecule has 20 heavy (non-hydrogen) atoms. The smallest absolute Gasteiger partial charge is 0.335 e. The molecule has 2 aromatic carbocycles. The molecule has 0 aromatic heterocycles. The zero-order chi connectivity index (χ0) is 14.0. The highest BCUT2D eigenvalue weighted by atomic mass is 16.1. The molecule has 3 nitrogen and oxygen atoms in total. The fourth-order valence-electron chi connectivity index (χ4n) is 3.04. The van der Waals surface area contributed by atoms with Crippen LogP contribution in [0.5, 0.6) is 0 Å². The Morgan fingerprint density at radius 3 is 1.80 bits per heavy atom. The summed E-state index contributed by atoms with van der Waals surface area (Å²) in [7, 11) is 0. The van der Waals surface area contributed by atoms with Gasteiger partial charge in [-0.1, -0.05) is 60.7 Å². The van der Waals surface area contributed by atoms with Crippen LogP contribution in [0.15, 0.2) is 60.7 Å². The summed E-state index contributed by atoms with van der Waals surface area (Å²) in [5, 5.41) is 0. The molecule has 3 heteroatoms. The first-order valence-corrected chi connectivity index (χ1v) is 6.66. The van der Waals surface area contributed by atoms with Crippen molar-refractivity contribution in [1.29, 1.82) is 0 Å². The van der Waals surface area contributed by atoms with E-state index in [1.165, 1.54) is 0 Å². The predicted octanol–water partition coefficient (Wildman–Crippen LogP) is 3.01. The molecule has 0 radical (unpaired) electrons. The minimum atomic E-state index is -0.718. The first-order valence-electron chi connectivity index (χ1n) is 6.66. The second kappa shape index (κ2) is 4.87. The molecule has 3 rings (SSSR count). The van der Waals surface area contributed by atoms with Gasteiger partial charge in [0.1, 0.15) is 0 Å². The Morgan fingerprint density at radius 2 is 1.40 bits per heavy atom. The summed E-state index contributed by atoms with van der Waals surface area (Å²) < 4.78 is 0. The molecule has 0 heterocycles. The van der Waals surface area contributed by atoms with Crippen LogP contribution in [-0.2, 0) is 10.2 Å². The van der Waals surface area contributed by atoms with E-state index in [4.69, 9.17) is 5.53 Å². The molecule has 0 bridgehead atoms. The van der Waals surface area contributed by atoms with Crippen molar-refractivity contribution in [2.75, 3.05) is 0 Å². The van der Waals surface area contributed by atoms with Crippen molar-refractivity contribution in [3.8, 4) is 0 Å². The summed E-state index contributed by atoms with van der Waals surface area (Å²) in [6, 6.07) is 19.4. The fourth-order valence-corrected chi connectivity index (χ4v) is 3.04. The van der Waals surface area contributed by atoms with Crippen molar-refractivity contribution in [3.05, 3.63) is 77.3 Å². The van der Waals surface area contributed by atoms with Gasteiger partial charge in [0.2, 0.25) is 0 Å². The lowest BCUT2D eigenvalue weighted by atomic mass is 9.72. The minimum Gasteiger partial charge on any atom is -0.361 e. The van der Waals surface area contributed by atoms with Crippen LogP contribution in [0, 0.1) is 0 Å². The van der Waals surface area contributed by atoms with Gasteiger partial charge in [-0.25, -0.2) is 0 Å². The quantitative estimate of drug-likeness (QED) is 0.606. The molecule has 0 saturated heterocycles. The van der Waals surface area contributed by atoms with Crippen molar-refractivity contribution in [2.45, 2.75) is 18.3 Å². The van der Waals surface area contributed by atoms with E-state index in [-0.39, 0.29) is 11.5 Å². The molecule has 1 aliphatic rings. The van der Waals surface area contributed by atoms with Crippen LogP contribution in [0.4, 0.5) is 0 Å². The van der Waals surface area contributed by atoms with Crippen LogP contribution >= 0.6 is 0 Å². The Labute approximate surface area is 117 Å². The zero-order valence-electron chi connectivity index (χ0n) is 11.0. The molecule has 0 unspecified atom stereocenters. The first-order chi connectivity index (χ1) is 9.79. The number of carbonyl (C=O) groups excluding carboxylic acids is 1. The highest BCUT2D eigenvalue weighted by Gasteiger charge is 2.52. The van der Waals surface area contributed by atoms with Crippen molar-refractivity contribution in [1.82, 2.24) is 0 Å². The Balaban J connectivity index is 2.25. The van der Waals surface area contributed by atoms with Crippen LogP contribution in [0.2, 0.25) is 0 Å². The number of carbonyl (C=O) groups is 1. The SMILES string of the molecule is [N-]=[N+]=C1CCC(c2ccccc2)(c2ccccc2)C1=O. The van der Waals surface area contributed by atoms with Crippen molar-refractivity contribution < 1.29 is 9.58 Å². The lowest BCUT2D eigenvalue weighted by Gasteiger charge is -2.27. The van der Waals surface area contributed by atoms with Gasteiger partial charge in [-0.05, 0) is 17.5 Å². The third-order valence-corrected chi connectivity index (χ3v) is 4.04. The van der Waals surface area contributed by atoms with Gasteiger partial charge in [0, 0.05) is 0 Å². The standard InChI is InChI=1S/C17H14N2O/c18-19-15-11-12-17(16(15)20,13-7-3-1-4-8-13)14-9-5-2-6-10-14/h1-10H,11-12H2. The first kappa shape index (κ1) is 12.5. The highest BCUT2D eigenvalue weighted by Crippen LogP contribution is 2.42. The van der Waals surface area contributed by atoms with Gasteiger partial charge in [0.15, 0.2) is 0 Å². The summed E-state index contributed by atoms with van der Waals surface area (Å²) >= 11 is 0.